The highest BCUT2D eigenvalue weighted by atomic mass is 33.1. The van der Waals surface area contributed by atoms with Crippen LogP contribution in [0.4, 0.5) is 11.4 Å². The van der Waals surface area contributed by atoms with E-state index in [9.17, 15) is 9.59 Å². The third-order valence-corrected chi connectivity index (χ3v) is 6.14. The van der Waals surface area contributed by atoms with Gasteiger partial charge in [-0.2, -0.15) is 0 Å². The molecule has 2 aromatic carbocycles. The Bertz CT molecular complexity index is 786. The van der Waals surface area contributed by atoms with E-state index in [1.807, 2.05) is 19.2 Å². The van der Waals surface area contributed by atoms with E-state index >= 15 is 0 Å². The van der Waals surface area contributed by atoms with Crippen molar-refractivity contribution in [2.24, 2.45) is 0 Å². The minimum Gasteiger partial charge on any atom is -0.461 e. The minimum absolute atomic E-state index is 0.312. The summed E-state index contributed by atoms with van der Waals surface area (Å²) in [4.78, 5) is 25.4. The van der Waals surface area contributed by atoms with Crippen LogP contribution < -0.4 is 10.1 Å². The normalized spacial score (nSPS) is 10.3. The first-order valence-electron chi connectivity index (χ1n) is 8.96. The van der Waals surface area contributed by atoms with Crippen LogP contribution in [0.2, 0.25) is 0 Å². The van der Waals surface area contributed by atoms with Crippen LogP contribution in [0.3, 0.4) is 0 Å². The standard InChI is InChI=1S/C20H23BN2O4S2/c1-22-17-7-3-15(4-8-17)19(24)26-11-13-28-29-14-12-27-20(25)16-5-9-18(10-6-16)23(2)21/h3-10,22H,11-14H2,1-2H3. The topological polar surface area (TPSA) is 67.9 Å². The zero-order valence-electron chi connectivity index (χ0n) is 16.4. The van der Waals surface area contributed by atoms with Crippen molar-refractivity contribution in [1.82, 2.24) is 0 Å². The number of carbonyl (C=O) groups excluding carboxylic acids is 2. The van der Waals surface area contributed by atoms with Gasteiger partial charge in [0.15, 0.2) is 0 Å². The van der Waals surface area contributed by atoms with Crippen molar-refractivity contribution in [3.63, 3.8) is 0 Å². The summed E-state index contributed by atoms with van der Waals surface area (Å²) in [7, 11) is 12.3. The highest BCUT2D eigenvalue weighted by molar-refractivity contribution is 8.76. The van der Waals surface area contributed by atoms with Crippen LogP contribution in [0.15, 0.2) is 48.5 Å². The van der Waals surface area contributed by atoms with E-state index < -0.39 is 0 Å². The average Bonchev–Trinajstić information content (AvgIpc) is 2.75. The Balaban J connectivity index is 1.54. The Morgan fingerprint density at radius 1 is 0.897 bits per heavy atom. The summed E-state index contributed by atoms with van der Waals surface area (Å²) >= 11 is 0. The molecule has 0 saturated carbocycles. The number of nitrogens with zero attached hydrogens (tertiary/aromatic N) is 1. The summed E-state index contributed by atoms with van der Waals surface area (Å²) < 4.78 is 10.5. The van der Waals surface area contributed by atoms with E-state index in [1.54, 1.807) is 65.0 Å². The van der Waals surface area contributed by atoms with Gasteiger partial charge in [0.2, 0.25) is 7.98 Å². The molecular weight excluding hydrogens is 407 g/mol. The molecule has 0 heterocycles. The Labute approximate surface area is 180 Å². The first-order valence-corrected chi connectivity index (χ1v) is 11.4. The van der Waals surface area contributed by atoms with E-state index in [2.05, 4.69) is 5.32 Å². The largest absolute Gasteiger partial charge is 0.461 e. The average molecular weight is 430 g/mol. The molecule has 0 atom stereocenters. The molecule has 6 nitrogen and oxygen atoms in total. The van der Waals surface area contributed by atoms with Crippen molar-refractivity contribution in [3.8, 4) is 0 Å². The molecule has 0 spiro atoms. The molecule has 29 heavy (non-hydrogen) atoms. The molecule has 0 bridgehead atoms. The van der Waals surface area contributed by atoms with Gasteiger partial charge in [-0.15, -0.1) is 0 Å². The Hall–Kier alpha value is -2.26. The molecule has 0 aliphatic rings. The second kappa shape index (κ2) is 12.3. The molecule has 2 rings (SSSR count). The fourth-order valence-corrected chi connectivity index (χ4v) is 3.88. The maximum atomic E-state index is 12.0. The third kappa shape index (κ3) is 7.94. The van der Waals surface area contributed by atoms with Crippen molar-refractivity contribution in [2.45, 2.75) is 0 Å². The van der Waals surface area contributed by atoms with Crippen LogP contribution in [0.1, 0.15) is 20.7 Å². The molecule has 0 unspecified atom stereocenters. The van der Waals surface area contributed by atoms with E-state index in [1.165, 1.54) is 4.81 Å². The highest BCUT2D eigenvalue weighted by Crippen LogP contribution is 2.21. The van der Waals surface area contributed by atoms with Crippen LogP contribution in [0, 0.1) is 0 Å². The van der Waals surface area contributed by atoms with Gasteiger partial charge in [0.05, 0.1) is 11.1 Å². The predicted octanol–water partition coefficient (Wildman–Crippen LogP) is 3.64. The number of rotatable bonds is 11. The summed E-state index contributed by atoms with van der Waals surface area (Å²) in [6.45, 7) is 0.638. The summed E-state index contributed by atoms with van der Waals surface area (Å²) in [5, 5.41) is 3.00. The molecule has 0 saturated heterocycles. The second-order valence-corrected chi connectivity index (χ2v) is 8.60. The Kier molecular flexibility index (Phi) is 9.80. The van der Waals surface area contributed by atoms with Gasteiger partial charge in [0.25, 0.3) is 0 Å². The molecule has 0 aliphatic carbocycles. The number of nitrogens with one attached hydrogen (secondary N) is 1. The number of benzene rings is 2. The lowest BCUT2D eigenvalue weighted by Gasteiger charge is -2.13. The summed E-state index contributed by atoms with van der Waals surface area (Å²) in [6.07, 6.45) is 0. The van der Waals surface area contributed by atoms with Gasteiger partial charge < -0.3 is 19.6 Å². The molecule has 9 heteroatoms. The van der Waals surface area contributed by atoms with Crippen molar-refractivity contribution in [3.05, 3.63) is 59.7 Å². The van der Waals surface area contributed by atoms with Gasteiger partial charge in [0, 0.05) is 29.9 Å². The molecule has 2 radical (unpaired) electrons. The SMILES string of the molecule is [B]N(C)c1ccc(C(=O)OCCSSCCOC(=O)c2ccc(NC)cc2)cc1. The van der Waals surface area contributed by atoms with E-state index in [4.69, 9.17) is 17.5 Å². The third-order valence-electron chi connectivity index (χ3n) is 3.80. The zero-order chi connectivity index (χ0) is 21.1. The number of anilines is 2. The Morgan fingerprint density at radius 2 is 1.34 bits per heavy atom. The van der Waals surface area contributed by atoms with Gasteiger partial charge >= 0.3 is 11.9 Å². The van der Waals surface area contributed by atoms with Crippen molar-refractivity contribution < 1.29 is 19.1 Å². The van der Waals surface area contributed by atoms with Crippen LogP contribution in [0.5, 0.6) is 0 Å². The smallest absolute Gasteiger partial charge is 0.338 e. The van der Waals surface area contributed by atoms with Crippen molar-refractivity contribution in [1.29, 1.82) is 0 Å². The van der Waals surface area contributed by atoms with Gasteiger partial charge in [-0.3, -0.25) is 0 Å². The number of hydrogen-bond donors (Lipinski definition) is 1. The van der Waals surface area contributed by atoms with E-state index in [0.29, 0.717) is 35.8 Å². The molecular formula is C20H23BN2O4S2. The van der Waals surface area contributed by atoms with Crippen LogP contribution >= 0.6 is 21.6 Å². The fourth-order valence-electron chi connectivity index (χ4n) is 2.23. The van der Waals surface area contributed by atoms with E-state index in [-0.39, 0.29) is 11.9 Å². The number of esters is 2. The minimum atomic E-state index is -0.361. The molecule has 2 aromatic rings. The fraction of sp³-hybridized carbons (Fsp3) is 0.300. The first kappa shape index (κ1) is 23.0. The zero-order valence-corrected chi connectivity index (χ0v) is 18.1. The van der Waals surface area contributed by atoms with Crippen molar-refractivity contribution in [2.75, 3.05) is 48.9 Å². The number of hydrogen-bond acceptors (Lipinski definition) is 8. The quantitative estimate of drug-likeness (QED) is 0.251. The predicted molar refractivity (Wildman–Crippen MR) is 122 cm³/mol. The molecule has 1 N–H and O–H groups in total. The van der Waals surface area contributed by atoms with Crippen LogP contribution in [-0.2, 0) is 9.47 Å². The van der Waals surface area contributed by atoms with Gasteiger partial charge in [-0.1, -0.05) is 21.6 Å². The highest BCUT2D eigenvalue weighted by Gasteiger charge is 2.08. The summed E-state index contributed by atoms with van der Waals surface area (Å²) in [5.74, 6) is 0.617. The summed E-state index contributed by atoms with van der Waals surface area (Å²) in [6, 6.07) is 14.0. The number of ether oxygens (including phenoxy) is 2. The lowest BCUT2D eigenvalue weighted by Crippen LogP contribution is -2.12. The Morgan fingerprint density at radius 3 is 1.76 bits per heavy atom. The molecule has 0 aliphatic heterocycles. The maximum Gasteiger partial charge on any atom is 0.338 e. The maximum absolute atomic E-state index is 12.0. The van der Waals surface area contributed by atoms with Crippen LogP contribution in [-0.4, -0.2) is 58.7 Å². The molecule has 0 aromatic heterocycles. The van der Waals surface area contributed by atoms with Gasteiger partial charge in [-0.25, -0.2) is 9.59 Å². The monoisotopic (exact) mass is 430 g/mol. The molecule has 0 amide bonds. The van der Waals surface area contributed by atoms with Gasteiger partial charge in [0.1, 0.15) is 13.2 Å². The van der Waals surface area contributed by atoms with Crippen molar-refractivity contribution >= 4 is 52.9 Å². The lowest BCUT2D eigenvalue weighted by molar-refractivity contribution is 0.0520. The molecule has 152 valence electrons. The van der Waals surface area contributed by atoms with E-state index in [0.717, 1.165) is 11.4 Å². The summed E-state index contributed by atoms with van der Waals surface area (Å²) in [5.41, 5.74) is 2.76. The first-order chi connectivity index (χ1) is 14.0. The molecule has 0 fully saturated rings. The second-order valence-electron chi connectivity index (χ2n) is 5.90. The van der Waals surface area contributed by atoms with Gasteiger partial charge in [-0.05, 0) is 55.6 Å². The number of carbonyl (C=O) groups is 2. The van der Waals surface area contributed by atoms with Crippen LogP contribution in [0.25, 0.3) is 0 Å². The lowest BCUT2D eigenvalue weighted by atomic mass is 10.1.